The number of hydrogen-bond acceptors (Lipinski definition) is 5. The van der Waals surface area contributed by atoms with E-state index in [4.69, 9.17) is 4.74 Å². The molecule has 5 heteroatoms. The van der Waals surface area contributed by atoms with E-state index in [9.17, 15) is 9.59 Å². The Hall–Kier alpha value is -1.10. The number of methoxy groups -OCH3 is 1. The molecule has 1 saturated heterocycles. The predicted molar refractivity (Wildman–Crippen MR) is 76.3 cm³/mol. The summed E-state index contributed by atoms with van der Waals surface area (Å²) in [4.78, 5) is 25.0. The minimum absolute atomic E-state index is 0.110. The topological polar surface area (TPSA) is 55.8 Å². The summed E-state index contributed by atoms with van der Waals surface area (Å²) in [6.45, 7) is 8.07. The van der Waals surface area contributed by atoms with Crippen LogP contribution in [0.4, 0.5) is 0 Å². The van der Waals surface area contributed by atoms with Crippen LogP contribution in [0.2, 0.25) is 0 Å². The number of likely N-dealkylation sites (tertiary alicyclic amines) is 1. The molecule has 0 aromatic rings. The lowest BCUT2D eigenvalue weighted by Crippen LogP contribution is -2.46. The zero-order chi connectivity index (χ0) is 15.2. The SMILES string of the molecule is COC(=O)CCCC(=O)OC[C@@H]1CCCN1C(C)(C)C. The van der Waals surface area contributed by atoms with Crippen molar-refractivity contribution in [2.45, 2.75) is 64.5 Å². The molecule has 0 amide bonds. The molecular weight excluding hydrogens is 258 g/mol. The first-order valence-electron chi connectivity index (χ1n) is 7.34. The third kappa shape index (κ3) is 5.49. The van der Waals surface area contributed by atoms with E-state index in [1.807, 2.05) is 0 Å². The van der Waals surface area contributed by atoms with Gasteiger partial charge in [0.05, 0.1) is 7.11 Å². The van der Waals surface area contributed by atoms with E-state index < -0.39 is 0 Å². The van der Waals surface area contributed by atoms with Crippen molar-refractivity contribution < 1.29 is 19.1 Å². The lowest BCUT2D eigenvalue weighted by Gasteiger charge is -2.36. The standard InChI is InChI=1S/C15H27NO4/c1-15(2,3)16-10-6-7-12(16)11-20-14(18)9-5-8-13(17)19-4/h12H,5-11H2,1-4H3/t12-/m0/s1. The summed E-state index contributed by atoms with van der Waals surface area (Å²) >= 11 is 0. The Kier molecular flexibility index (Phi) is 6.46. The highest BCUT2D eigenvalue weighted by Crippen LogP contribution is 2.26. The molecule has 1 rings (SSSR count). The Morgan fingerprint density at radius 2 is 1.85 bits per heavy atom. The van der Waals surface area contributed by atoms with Gasteiger partial charge in [-0.15, -0.1) is 0 Å². The van der Waals surface area contributed by atoms with Gasteiger partial charge in [0.15, 0.2) is 0 Å². The van der Waals surface area contributed by atoms with Crippen LogP contribution in [0.1, 0.15) is 52.9 Å². The molecule has 0 aromatic heterocycles. The fourth-order valence-electron chi connectivity index (χ4n) is 2.63. The van der Waals surface area contributed by atoms with E-state index in [0.717, 1.165) is 19.4 Å². The molecule has 1 heterocycles. The summed E-state index contributed by atoms with van der Waals surface area (Å²) in [7, 11) is 1.35. The van der Waals surface area contributed by atoms with Crippen LogP contribution in [0.5, 0.6) is 0 Å². The van der Waals surface area contributed by atoms with Crippen LogP contribution < -0.4 is 0 Å². The molecule has 20 heavy (non-hydrogen) atoms. The normalized spacial score (nSPS) is 19.9. The second-order valence-corrected chi connectivity index (χ2v) is 6.27. The van der Waals surface area contributed by atoms with Gasteiger partial charge in [-0.2, -0.15) is 0 Å². The Morgan fingerprint density at radius 3 is 2.45 bits per heavy atom. The predicted octanol–water partition coefficient (Wildman–Crippen LogP) is 2.14. The monoisotopic (exact) mass is 285 g/mol. The van der Waals surface area contributed by atoms with E-state index in [1.54, 1.807) is 0 Å². The quantitative estimate of drug-likeness (QED) is 0.700. The molecule has 1 atom stereocenters. The van der Waals surface area contributed by atoms with Crippen molar-refractivity contribution in [1.82, 2.24) is 4.90 Å². The maximum Gasteiger partial charge on any atom is 0.305 e. The third-order valence-corrected chi connectivity index (χ3v) is 3.66. The van der Waals surface area contributed by atoms with Crippen molar-refractivity contribution in [2.75, 3.05) is 20.3 Å². The van der Waals surface area contributed by atoms with Crippen LogP contribution in [-0.4, -0.2) is 48.7 Å². The number of carbonyl (C=O) groups is 2. The Balaban J connectivity index is 2.25. The molecule has 0 radical (unpaired) electrons. The molecule has 0 N–H and O–H groups in total. The van der Waals surface area contributed by atoms with Crippen LogP contribution >= 0.6 is 0 Å². The lowest BCUT2D eigenvalue weighted by molar-refractivity contribution is -0.146. The van der Waals surface area contributed by atoms with E-state index in [-0.39, 0.29) is 30.3 Å². The molecule has 0 unspecified atom stereocenters. The van der Waals surface area contributed by atoms with Crippen LogP contribution in [0.3, 0.4) is 0 Å². The van der Waals surface area contributed by atoms with Gasteiger partial charge in [0.2, 0.25) is 0 Å². The first-order chi connectivity index (χ1) is 9.34. The molecule has 0 spiro atoms. The highest BCUT2D eigenvalue weighted by atomic mass is 16.5. The van der Waals surface area contributed by atoms with E-state index in [1.165, 1.54) is 7.11 Å². The number of hydrogen-bond donors (Lipinski definition) is 0. The zero-order valence-corrected chi connectivity index (χ0v) is 13.1. The van der Waals surface area contributed by atoms with E-state index in [2.05, 4.69) is 30.4 Å². The summed E-state index contributed by atoms with van der Waals surface area (Å²) in [6, 6.07) is 0.319. The number of ether oxygens (including phenoxy) is 2. The van der Waals surface area contributed by atoms with Crippen LogP contribution in [0, 0.1) is 0 Å². The first kappa shape index (κ1) is 17.0. The van der Waals surface area contributed by atoms with Crippen LogP contribution in [0.15, 0.2) is 0 Å². The molecule has 0 aliphatic carbocycles. The van der Waals surface area contributed by atoms with Gasteiger partial charge in [-0.1, -0.05) is 0 Å². The summed E-state index contributed by atoms with van der Waals surface area (Å²) in [5.74, 6) is -0.512. The number of nitrogens with zero attached hydrogens (tertiary/aromatic N) is 1. The highest BCUT2D eigenvalue weighted by Gasteiger charge is 2.33. The van der Waals surface area contributed by atoms with Gasteiger partial charge >= 0.3 is 11.9 Å². The second kappa shape index (κ2) is 7.62. The van der Waals surface area contributed by atoms with Crippen LogP contribution in [0.25, 0.3) is 0 Å². The summed E-state index contributed by atoms with van der Waals surface area (Å²) in [6.07, 6.45) is 3.26. The lowest BCUT2D eigenvalue weighted by atomic mass is 10.1. The third-order valence-electron chi connectivity index (χ3n) is 3.66. The van der Waals surface area contributed by atoms with E-state index >= 15 is 0 Å². The fraction of sp³-hybridized carbons (Fsp3) is 0.867. The molecule has 116 valence electrons. The van der Waals surface area contributed by atoms with Crippen molar-refractivity contribution in [1.29, 1.82) is 0 Å². The zero-order valence-electron chi connectivity index (χ0n) is 13.1. The number of esters is 2. The van der Waals surface area contributed by atoms with Gasteiger partial charge in [0, 0.05) is 24.4 Å². The molecule has 0 saturated carbocycles. The smallest absolute Gasteiger partial charge is 0.305 e. The van der Waals surface area contributed by atoms with E-state index in [0.29, 0.717) is 19.1 Å². The Bertz CT molecular complexity index is 335. The minimum Gasteiger partial charge on any atom is -0.469 e. The average molecular weight is 285 g/mol. The minimum atomic E-state index is -0.285. The van der Waals surface area contributed by atoms with Crippen LogP contribution in [-0.2, 0) is 19.1 Å². The van der Waals surface area contributed by atoms with Crippen molar-refractivity contribution in [3.05, 3.63) is 0 Å². The van der Waals surface area contributed by atoms with Gasteiger partial charge in [0.25, 0.3) is 0 Å². The van der Waals surface area contributed by atoms with Gasteiger partial charge < -0.3 is 9.47 Å². The van der Waals surface area contributed by atoms with Gasteiger partial charge in [-0.05, 0) is 46.6 Å². The fourth-order valence-corrected chi connectivity index (χ4v) is 2.63. The molecule has 0 bridgehead atoms. The summed E-state index contributed by atoms with van der Waals surface area (Å²) in [5.41, 5.74) is 0.110. The second-order valence-electron chi connectivity index (χ2n) is 6.27. The van der Waals surface area contributed by atoms with Crippen molar-refractivity contribution >= 4 is 11.9 Å². The Labute approximate surface area is 121 Å². The average Bonchev–Trinajstić information content (AvgIpc) is 2.84. The van der Waals surface area contributed by atoms with Gasteiger partial charge in [0.1, 0.15) is 6.61 Å². The maximum absolute atomic E-state index is 11.6. The first-order valence-corrected chi connectivity index (χ1v) is 7.34. The number of carbonyl (C=O) groups excluding carboxylic acids is 2. The largest absolute Gasteiger partial charge is 0.469 e. The molecular formula is C15H27NO4. The summed E-state index contributed by atoms with van der Waals surface area (Å²) in [5, 5.41) is 0. The molecule has 1 fully saturated rings. The summed E-state index contributed by atoms with van der Waals surface area (Å²) < 4.78 is 9.86. The van der Waals surface area contributed by atoms with Gasteiger partial charge in [-0.25, -0.2) is 0 Å². The van der Waals surface area contributed by atoms with Gasteiger partial charge in [-0.3, -0.25) is 14.5 Å². The highest BCUT2D eigenvalue weighted by molar-refractivity contribution is 5.72. The molecule has 1 aliphatic rings. The maximum atomic E-state index is 11.6. The Morgan fingerprint density at radius 1 is 1.20 bits per heavy atom. The molecule has 0 aromatic carbocycles. The van der Waals surface area contributed by atoms with Crippen molar-refractivity contribution in [3.8, 4) is 0 Å². The number of rotatable bonds is 6. The molecule has 1 aliphatic heterocycles. The molecule has 5 nitrogen and oxygen atoms in total. The van der Waals surface area contributed by atoms with Crippen molar-refractivity contribution in [2.24, 2.45) is 0 Å². The van der Waals surface area contributed by atoms with Crippen molar-refractivity contribution in [3.63, 3.8) is 0 Å².